The first-order chi connectivity index (χ1) is 7.96. The molecular weight excluding hydrogens is 238 g/mol. The number of esters is 1. The van der Waals surface area contributed by atoms with Crippen molar-refractivity contribution in [2.45, 2.75) is 19.3 Å². The maximum absolute atomic E-state index is 13.1. The van der Waals surface area contributed by atoms with E-state index in [1.165, 1.54) is 14.0 Å². The summed E-state index contributed by atoms with van der Waals surface area (Å²) in [6.07, 6.45) is -0.546. The van der Waals surface area contributed by atoms with Gasteiger partial charge in [-0.1, -0.05) is 0 Å². The van der Waals surface area contributed by atoms with E-state index in [0.717, 1.165) is 0 Å². The third kappa shape index (κ3) is 5.69. The topological polar surface area (TPSA) is 61.8 Å². The van der Waals surface area contributed by atoms with Crippen LogP contribution in [0.15, 0.2) is 0 Å². The Kier molecular flexibility index (Phi) is 7.56. The predicted molar refractivity (Wildman–Crippen MR) is 53.9 cm³/mol. The van der Waals surface area contributed by atoms with E-state index < -0.39 is 24.1 Å². The number of hydrogen-bond donors (Lipinski definition) is 0. The molecule has 0 aliphatic carbocycles. The smallest absolute Gasteiger partial charge is 0.399 e. The fraction of sp³-hybridized carbons (Fsp3) is 0.800. The average Bonchev–Trinajstić information content (AvgIpc) is 2.28. The number of ether oxygens (including phenoxy) is 3. The van der Waals surface area contributed by atoms with Gasteiger partial charge in [-0.15, -0.1) is 0 Å². The lowest BCUT2D eigenvalue weighted by Crippen LogP contribution is -2.39. The molecule has 0 heterocycles. The molecule has 0 saturated heterocycles. The van der Waals surface area contributed by atoms with Gasteiger partial charge in [-0.25, -0.2) is 4.79 Å². The maximum atomic E-state index is 13.1. The minimum atomic E-state index is -4.10. The number of carbonyl (C=O) groups excluding carboxylic acids is 2. The van der Waals surface area contributed by atoms with Gasteiger partial charge in [0, 0.05) is 13.5 Å². The molecule has 7 heteroatoms. The van der Waals surface area contributed by atoms with Crippen LogP contribution in [-0.2, 0) is 23.8 Å². The van der Waals surface area contributed by atoms with E-state index >= 15 is 0 Å². The summed E-state index contributed by atoms with van der Waals surface area (Å²) < 4.78 is 39.7. The molecule has 0 atom stereocenters. The maximum Gasteiger partial charge on any atom is 0.399 e. The molecule has 0 aliphatic heterocycles. The summed E-state index contributed by atoms with van der Waals surface area (Å²) in [5.74, 6) is -7.42. The standard InChI is InChI=1S/C10H16F2O5/c1-3-17-9(14)10(11,12)8(13)4-5-16-7-6-15-2/h3-7H2,1-2H3. The number of methoxy groups -OCH3 is 1. The van der Waals surface area contributed by atoms with Gasteiger partial charge in [0.25, 0.3) is 0 Å². The Labute approximate surface area is 98.0 Å². The molecule has 0 N–H and O–H groups in total. The van der Waals surface area contributed by atoms with Crippen LogP contribution in [0.2, 0.25) is 0 Å². The van der Waals surface area contributed by atoms with Crippen LogP contribution < -0.4 is 0 Å². The van der Waals surface area contributed by atoms with Crippen molar-refractivity contribution in [1.82, 2.24) is 0 Å². The van der Waals surface area contributed by atoms with Crippen LogP contribution in [0, 0.1) is 0 Å². The van der Waals surface area contributed by atoms with Gasteiger partial charge in [0.15, 0.2) is 0 Å². The highest BCUT2D eigenvalue weighted by Crippen LogP contribution is 2.18. The van der Waals surface area contributed by atoms with Gasteiger partial charge in [0.1, 0.15) is 0 Å². The lowest BCUT2D eigenvalue weighted by Gasteiger charge is -2.13. The van der Waals surface area contributed by atoms with Crippen molar-refractivity contribution in [1.29, 1.82) is 0 Å². The Hall–Kier alpha value is -1.08. The zero-order chi connectivity index (χ0) is 13.3. The SMILES string of the molecule is CCOC(=O)C(F)(F)C(=O)CCOCCOC. The van der Waals surface area contributed by atoms with Crippen molar-refractivity contribution in [3.05, 3.63) is 0 Å². The first kappa shape index (κ1) is 15.9. The third-order valence-corrected chi connectivity index (χ3v) is 1.79. The van der Waals surface area contributed by atoms with Crippen LogP contribution in [0.4, 0.5) is 8.78 Å². The molecule has 0 saturated carbocycles. The number of carbonyl (C=O) groups is 2. The Bertz CT molecular complexity index is 255. The predicted octanol–water partition coefficient (Wildman–Crippen LogP) is 0.807. The van der Waals surface area contributed by atoms with E-state index in [-0.39, 0.29) is 19.8 Å². The van der Waals surface area contributed by atoms with Gasteiger partial charge < -0.3 is 14.2 Å². The van der Waals surface area contributed by atoms with Crippen molar-refractivity contribution in [3.63, 3.8) is 0 Å². The minimum Gasteiger partial charge on any atom is -0.461 e. The molecule has 0 spiro atoms. The molecule has 17 heavy (non-hydrogen) atoms. The summed E-state index contributed by atoms with van der Waals surface area (Å²) in [6.45, 7) is 1.51. The number of halogens is 2. The zero-order valence-corrected chi connectivity index (χ0v) is 9.83. The molecule has 0 unspecified atom stereocenters. The monoisotopic (exact) mass is 254 g/mol. The molecule has 0 aromatic heterocycles. The van der Waals surface area contributed by atoms with Crippen molar-refractivity contribution < 1.29 is 32.6 Å². The molecular formula is C10H16F2O5. The van der Waals surface area contributed by atoms with E-state index in [4.69, 9.17) is 4.74 Å². The fourth-order valence-electron chi connectivity index (χ4n) is 0.902. The molecule has 0 fully saturated rings. The van der Waals surface area contributed by atoms with Crippen molar-refractivity contribution in [2.24, 2.45) is 0 Å². The van der Waals surface area contributed by atoms with Crippen molar-refractivity contribution in [3.8, 4) is 0 Å². The quantitative estimate of drug-likeness (QED) is 0.346. The van der Waals surface area contributed by atoms with Crippen LogP contribution >= 0.6 is 0 Å². The largest absolute Gasteiger partial charge is 0.461 e. The number of rotatable bonds is 9. The normalized spacial score (nSPS) is 11.3. The van der Waals surface area contributed by atoms with Gasteiger partial charge in [0.05, 0.1) is 26.4 Å². The second kappa shape index (κ2) is 8.08. The Morgan fingerprint density at radius 3 is 2.35 bits per heavy atom. The van der Waals surface area contributed by atoms with E-state index in [0.29, 0.717) is 6.61 Å². The second-order valence-corrected chi connectivity index (χ2v) is 3.07. The van der Waals surface area contributed by atoms with Gasteiger partial charge in [-0.3, -0.25) is 4.79 Å². The third-order valence-electron chi connectivity index (χ3n) is 1.79. The molecule has 0 amide bonds. The number of ketones is 1. The fourth-order valence-corrected chi connectivity index (χ4v) is 0.902. The molecule has 0 bridgehead atoms. The van der Waals surface area contributed by atoms with Crippen molar-refractivity contribution >= 4 is 11.8 Å². The van der Waals surface area contributed by atoms with E-state index in [9.17, 15) is 18.4 Å². The van der Waals surface area contributed by atoms with Gasteiger partial charge in [0.2, 0.25) is 5.78 Å². The molecule has 5 nitrogen and oxygen atoms in total. The Morgan fingerprint density at radius 2 is 1.82 bits per heavy atom. The first-order valence-electron chi connectivity index (χ1n) is 5.11. The number of hydrogen-bond acceptors (Lipinski definition) is 5. The summed E-state index contributed by atoms with van der Waals surface area (Å²) in [5, 5.41) is 0. The zero-order valence-electron chi connectivity index (χ0n) is 9.83. The highest BCUT2D eigenvalue weighted by Gasteiger charge is 2.47. The number of Topliss-reactive ketones (excluding diaryl/α,β-unsaturated/α-hetero) is 1. The summed E-state index contributed by atoms with van der Waals surface area (Å²) in [6, 6.07) is 0. The number of alkyl halides is 2. The van der Waals surface area contributed by atoms with Crippen LogP contribution in [0.1, 0.15) is 13.3 Å². The highest BCUT2D eigenvalue weighted by molar-refractivity contribution is 6.05. The van der Waals surface area contributed by atoms with Gasteiger partial charge in [-0.05, 0) is 6.92 Å². The Morgan fingerprint density at radius 1 is 1.18 bits per heavy atom. The molecule has 0 radical (unpaired) electrons. The Balaban J connectivity index is 3.99. The van der Waals surface area contributed by atoms with Gasteiger partial charge in [-0.2, -0.15) is 8.78 Å². The van der Waals surface area contributed by atoms with Crippen LogP contribution in [-0.4, -0.2) is 51.2 Å². The lowest BCUT2D eigenvalue weighted by molar-refractivity contribution is -0.176. The van der Waals surface area contributed by atoms with Crippen LogP contribution in [0.3, 0.4) is 0 Å². The van der Waals surface area contributed by atoms with E-state index in [1.54, 1.807) is 0 Å². The second-order valence-electron chi connectivity index (χ2n) is 3.07. The highest BCUT2D eigenvalue weighted by atomic mass is 19.3. The molecule has 0 aromatic rings. The van der Waals surface area contributed by atoms with E-state index in [2.05, 4.69) is 9.47 Å². The molecule has 100 valence electrons. The summed E-state index contributed by atoms with van der Waals surface area (Å²) in [7, 11) is 1.46. The van der Waals surface area contributed by atoms with E-state index in [1.807, 2.05) is 0 Å². The lowest BCUT2D eigenvalue weighted by atomic mass is 10.1. The molecule has 0 aromatic carbocycles. The summed E-state index contributed by atoms with van der Waals surface area (Å²) in [5.41, 5.74) is 0. The van der Waals surface area contributed by atoms with Crippen molar-refractivity contribution in [2.75, 3.05) is 33.5 Å². The summed E-state index contributed by atoms with van der Waals surface area (Å²) >= 11 is 0. The van der Waals surface area contributed by atoms with Crippen LogP contribution in [0.25, 0.3) is 0 Å². The molecule has 0 rings (SSSR count). The van der Waals surface area contributed by atoms with Crippen LogP contribution in [0.5, 0.6) is 0 Å². The first-order valence-corrected chi connectivity index (χ1v) is 5.11. The average molecular weight is 254 g/mol. The van der Waals surface area contributed by atoms with Gasteiger partial charge >= 0.3 is 11.9 Å². The molecule has 0 aliphatic rings. The minimum absolute atomic E-state index is 0.183. The summed E-state index contributed by atoms with van der Waals surface area (Å²) in [4.78, 5) is 21.8.